The summed E-state index contributed by atoms with van der Waals surface area (Å²) >= 11 is 1.97. The van der Waals surface area contributed by atoms with Gasteiger partial charge in [-0.2, -0.15) is 26.3 Å². The highest BCUT2D eigenvalue weighted by Gasteiger charge is 2.74. The Morgan fingerprint density at radius 3 is 2.00 bits per heavy atom. The highest BCUT2D eigenvalue weighted by Crippen LogP contribution is 2.63. The third-order valence-electron chi connectivity index (χ3n) is 10.1. The Morgan fingerprint density at radius 2 is 1.45 bits per heavy atom. The number of carbonyl (C=O) groups excluding carboxylic acids is 1. The van der Waals surface area contributed by atoms with E-state index in [-0.39, 0.29) is 40.8 Å². The van der Waals surface area contributed by atoms with Crippen LogP contribution in [-0.2, 0) is 36.3 Å². The van der Waals surface area contributed by atoms with E-state index in [1.54, 1.807) is 0 Å². The Bertz CT molecular complexity index is 1630. The number of halogens is 8. The van der Waals surface area contributed by atoms with Gasteiger partial charge in [0.1, 0.15) is 4.75 Å². The van der Waals surface area contributed by atoms with E-state index < -0.39 is 67.9 Å². The van der Waals surface area contributed by atoms with E-state index in [0.29, 0.717) is 41.4 Å². The summed E-state index contributed by atoms with van der Waals surface area (Å²) in [5.41, 5.74) is -7.94. The van der Waals surface area contributed by atoms with Crippen LogP contribution in [0.15, 0.2) is 47.4 Å². The molecule has 4 aliphatic rings. The molecule has 1 saturated heterocycles. The van der Waals surface area contributed by atoms with E-state index in [9.17, 15) is 49.5 Å². The molecule has 2 aromatic rings. The number of sulfone groups is 1. The van der Waals surface area contributed by atoms with Crippen molar-refractivity contribution in [1.29, 1.82) is 0 Å². The largest absolute Gasteiger partial charge is 0.481 e. The molecule has 2 atom stereocenters. The predicted octanol–water partition coefficient (Wildman–Crippen LogP) is 6.30. The topological polar surface area (TPSA) is 91.8 Å². The summed E-state index contributed by atoms with van der Waals surface area (Å²) in [4.78, 5) is 26.2. The number of rotatable bonds is 5. The number of amides is 1. The molecule has 0 radical (unpaired) electrons. The van der Waals surface area contributed by atoms with Crippen LogP contribution in [0.1, 0.15) is 48.8 Å². The fourth-order valence-corrected chi connectivity index (χ4v) is 10.7. The van der Waals surface area contributed by atoms with Gasteiger partial charge in [-0.3, -0.25) is 9.59 Å². The zero-order valence-electron chi connectivity index (χ0n) is 22.7. The molecule has 3 fully saturated rings. The first-order valence-corrected chi connectivity index (χ1v) is 16.3. The quantitative estimate of drug-likeness (QED) is 0.286. The summed E-state index contributed by atoms with van der Waals surface area (Å²) in [6.45, 7) is -0.0201. The summed E-state index contributed by atoms with van der Waals surface area (Å²) in [5, 5.41) is 9.21. The zero-order chi connectivity index (χ0) is 32.3. The first-order chi connectivity index (χ1) is 20.3. The van der Waals surface area contributed by atoms with Crippen molar-refractivity contribution in [2.75, 3.05) is 6.54 Å². The van der Waals surface area contributed by atoms with Crippen molar-refractivity contribution in [3.8, 4) is 0 Å². The van der Waals surface area contributed by atoms with Gasteiger partial charge in [-0.25, -0.2) is 12.8 Å². The molecule has 1 amide bonds. The van der Waals surface area contributed by atoms with E-state index in [2.05, 4.69) is 0 Å². The average molecular weight is 759 g/mol. The van der Waals surface area contributed by atoms with Gasteiger partial charge in [-0.15, -0.1) is 0 Å². The number of carboxylic acid groups (broad SMARTS) is 1. The molecule has 1 heterocycles. The minimum atomic E-state index is -6.34. The van der Waals surface area contributed by atoms with Crippen LogP contribution in [0.25, 0.3) is 0 Å². The molecule has 238 valence electrons. The van der Waals surface area contributed by atoms with Crippen LogP contribution in [0, 0.1) is 20.8 Å². The van der Waals surface area contributed by atoms with Crippen molar-refractivity contribution in [1.82, 2.24) is 4.90 Å². The van der Waals surface area contributed by atoms with Crippen LogP contribution in [-0.4, -0.2) is 55.2 Å². The molecule has 1 spiro atoms. The molecule has 6 nitrogen and oxygen atoms in total. The van der Waals surface area contributed by atoms with Crippen molar-refractivity contribution in [2.24, 2.45) is 17.3 Å². The van der Waals surface area contributed by atoms with Crippen LogP contribution in [0.5, 0.6) is 0 Å². The molecular weight excluding hydrogens is 734 g/mol. The Morgan fingerprint density at radius 1 is 0.886 bits per heavy atom. The summed E-state index contributed by atoms with van der Waals surface area (Å²) in [6.07, 6.45) is -11.6. The SMILES string of the molecule is O=C(O)C1CC2(C1)CC(C(=O)N1CCC3(S(=O)(=O)c4ccc(I)cc4)c4ccc(C(F)(C(F)(F)F)C(F)(F)F)cc4CC13)C2. The lowest BCUT2D eigenvalue weighted by molar-refractivity contribution is -0.348. The molecule has 2 saturated carbocycles. The maximum Gasteiger partial charge on any atom is 0.435 e. The van der Waals surface area contributed by atoms with Gasteiger partial charge in [-0.1, -0.05) is 18.2 Å². The van der Waals surface area contributed by atoms with E-state index >= 15 is 4.39 Å². The second-order valence-electron chi connectivity index (χ2n) is 12.4. The van der Waals surface area contributed by atoms with Gasteiger partial charge in [0, 0.05) is 21.6 Å². The molecular formula is C29H25F7INO5S. The number of carbonyl (C=O) groups is 2. The Balaban J connectivity index is 1.40. The smallest absolute Gasteiger partial charge is 0.435 e. The third-order valence-corrected chi connectivity index (χ3v) is 13.4. The molecule has 1 N–H and O–H groups in total. The molecule has 2 aromatic carbocycles. The second kappa shape index (κ2) is 9.79. The maximum absolute atomic E-state index is 15.0. The van der Waals surface area contributed by atoms with Crippen molar-refractivity contribution < 1.29 is 53.8 Å². The molecule has 3 aliphatic carbocycles. The molecule has 1 aliphatic heterocycles. The van der Waals surface area contributed by atoms with Crippen molar-refractivity contribution >= 4 is 44.3 Å². The predicted molar refractivity (Wildman–Crippen MR) is 149 cm³/mol. The second-order valence-corrected chi connectivity index (χ2v) is 15.9. The van der Waals surface area contributed by atoms with E-state index in [0.717, 1.165) is 6.07 Å². The van der Waals surface area contributed by atoms with Crippen molar-refractivity contribution in [3.05, 3.63) is 62.7 Å². The van der Waals surface area contributed by atoms with Gasteiger partial charge < -0.3 is 10.0 Å². The Kier molecular flexibility index (Phi) is 7.02. The third kappa shape index (κ3) is 4.26. The first kappa shape index (κ1) is 31.5. The number of fused-ring (bicyclic) bond motifs is 3. The van der Waals surface area contributed by atoms with Crippen LogP contribution in [0.2, 0.25) is 0 Å². The monoisotopic (exact) mass is 759 g/mol. The van der Waals surface area contributed by atoms with Crippen molar-refractivity contribution in [2.45, 2.75) is 72.2 Å². The van der Waals surface area contributed by atoms with Gasteiger partial charge >= 0.3 is 24.0 Å². The van der Waals surface area contributed by atoms with E-state index in [4.69, 9.17) is 0 Å². The van der Waals surface area contributed by atoms with Gasteiger partial charge in [0.25, 0.3) is 0 Å². The zero-order valence-corrected chi connectivity index (χ0v) is 25.7. The van der Waals surface area contributed by atoms with Crippen LogP contribution in [0.3, 0.4) is 0 Å². The number of benzene rings is 2. The fourth-order valence-electron chi connectivity index (χ4n) is 7.97. The molecule has 6 rings (SSSR count). The lowest BCUT2D eigenvalue weighted by atomic mass is 9.48. The molecule has 2 unspecified atom stereocenters. The standard InChI is InChI=1S/C29H25F7INO5S/c30-27(28(31,32)33,29(34,35)36)18-1-6-21-15(9-18)10-22-26(21,44(42,43)20-4-2-19(37)3-5-20)7-8-38(22)23(39)16-11-25(12-16)13-17(14-25)24(40)41/h1-6,9,16-17,22H,7-8,10-14H2,(H,40,41). The number of hydrogen-bond donors (Lipinski definition) is 1. The number of hydrogen-bond acceptors (Lipinski definition) is 4. The fraction of sp³-hybridized carbons (Fsp3) is 0.517. The lowest BCUT2D eigenvalue weighted by Crippen LogP contribution is -2.56. The average Bonchev–Trinajstić information content (AvgIpc) is 3.40. The van der Waals surface area contributed by atoms with Gasteiger partial charge in [0.2, 0.25) is 5.91 Å². The molecule has 15 heteroatoms. The molecule has 44 heavy (non-hydrogen) atoms. The summed E-state index contributed by atoms with van der Waals surface area (Å²) < 4.78 is 124. The minimum Gasteiger partial charge on any atom is -0.481 e. The number of alkyl halides is 7. The minimum absolute atomic E-state index is 0.0201. The number of carboxylic acids is 1. The van der Waals surface area contributed by atoms with Crippen LogP contribution >= 0.6 is 22.6 Å². The maximum atomic E-state index is 15.0. The van der Waals surface area contributed by atoms with Crippen molar-refractivity contribution in [3.63, 3.8) is 0 Å². The highest BCUT2D eigenvalue weighted by atomic mass is 127. The number of likely N-dealkylation sites (tertiary alicyclic amines) is 1. The molecule has 0 bridgehead atoms. The summed E-state index contributed by atoms with van der Waals surface area (Å²) in [7, 11) is -4.39. The van der Waals surface area contributed by atoms with E-state index in [1.165, 1.54) is 29.2 Å². The lowest BCUT2D eigenvalue weighted by Gasteiger charge is -2.56. The Labute approximate surface area is 261 Å². The molecule has 0 aromatic heterocycles. The van der Waals surface area contributed by atoms with Crippen LogP contribution < -0.4 is 0 Å². The van der Waals surface area contributed by atoms with Crippen LogP contribution in [0.4, 0.5) is 30.7 Å². The summed E-state index contributed by atoms with van der Waals surface area (Å²) in [6, 6.07) is 6.22. The number of aliphatic carboxylic acids is 1. The first-order valence-electron chi connectivity index (χ1n) is 13.8. The Hall–Kier alpha value is -2.43. The summed E-state index contributed by atoms with van der Waals surface area (Å²) in [5.74, 6) is -2.31. The normalized spacial score (nSPS) is 30.0. The van der Waals surface area contributed by atoms with Gasteiger partial charge in [0.05, 0.1) is 16.9 Å². The number of nitrogens with zero attached hydrogens (tertiary/aromatic N) is 1. The van der Waals surface area contributed by atoms with Gasteiger partial charge in [-0.05, 0) is 102 Å². The van der Waals surface area contributed by atoms with Gasteiger partial charge in [0.15, 0.2) is 9.84 Å². The highest BCUT2D eigenvalue weighted by molar-refractivity contribution is 14.1. The van der Waals surface area contributed by atoms with E-state index in [1.807, 2.05) is 22.6 Å².